The molecule has 0 fully saturated rings. The number of hydrogen-bond donors (Lipinski definition) is 1. The number of amides is 1. The molecule has 0 radical (unpaired) electrons. The Morgan fingerprint density at radius 3 is 2.36 bits per heavy atom. The molecule has 0 aromatic heterocycles. The van der Waals surface area contributed by atoms with Gasteiger partial charge in [-0.1, -0.05) is 26.8 Å². The van der Waals surface area contributed by atoms with Gasteiger partial charge in [0.25, 0.3) is 5.91 Å². The van der Waals surface area contributed by atoms with E-state index in [0.29, 0.717) is 5.71 Å². The van der Waals surface area contributed by atoms with Gasteiger partial charge in [0.15, 0.2) is 0 Å². The molecule has 0 saturated heterocycles. The minimum Gasteiger partial charge on any atom is -0.365 e. The Bertz CT molecular complexity index is 233. The Balaban J connectivity index is 4.79. The average molecular weight is 196 g/mol. The molecular formula is C11H20N2O. The number of nitrogens with two attached hydrogens (primary N) is 1. The highest BCUT2D eigenvalue weighted by atomic mass is 16.1. The summed E-state index contributed by atoms with van der Waals surface area (Å²) in [6, 6.07) is 0.00602. The summed E-state index contributed by atoms with van der Waals surface area (Å²) in [4.78, 5) is 15.4. The Kier molecular flexibility index (Phi) is 5.84. The van der Waals surface area contributed by atoms with Gasteiger partial charge >= 0.3 is 0 Å². The van der Waals surface area contributed by atoms with Crippen molar-refractivity contribution in [3.05, 3.63) is 12.7 Å². The smallest absolute Gasteiger partial charge is 0.262 e. The molecule has 80 valence electrons. The van der Waals surface area contributed by atoms with Crippen LogP contribution in [-0.4, -0.2) is 17.7 Å². The van der Waals surface area contributed by atoms with Crippen LogP contribution in [0, 0.1) is 5.92 Å². The monoisotopic (exact) mass is 196 g/mol. The second-order valence-electron chi connectivity index (χ2n) is 3.40. The van der Waals surface area contributed by atoms with Gasteiger partial charge < -0.3 is 5.73 Å². The topological polar surface area (TPSA) is 55.4 Å². The molecule has 0 aliphatic carbocycles. The number of carbonyl (C=O) groups excluding carboxylic acids is 1. The summed E-state index contributed by atoms with van der Waals surface area (Å²) in [5, 5.41) is 0. The van der Waals surface area contributed by atoms with Crippen LogP contribution in [0.15, 0.2) is 17.6 Å². The van der Waals surface area contributed by atoms with Crippen molar-refractivity contribution in [2.75, 3.05) is 0 Å². The Hall–Kier alpha value is -1.12. The molecular weight excluding hydrogens is 176 g/mol. The van der Waals surface area contributed by atoms with E-state index < -0.39 is 5.91 Å². The molecule has 2 unspecified atom stereocenters. The van der Waals surface area contributed by atoms with E-state index in [1.165, 1.54) is 0 Å². The van der Waals surface area contributed by atoms with E-state index in [1.54, 1.807) is 6.08 Å². The van der Waals surface area contributed by atoms with Crippen LogP contribution in [0.4, 0.5) is 0 Å². The lowest BCUT2D eigenvalue weighted by molar-refractivity contribution is -0.112. The highest BCUT2D eigenvalue weighted by Gasteiger charge is 2.15. The van der Waals surface area contributed by atoms with Crippen LogP contribution in [0.1, 0.15) is 33.6 Å². The lowest BCUT2D eigenvalue weighted by Gasteiger charge is -2.12. The Labute approximate surface area is 86.1 Å². The molecule has 0 rings (SSSR count). The van der Waals surface area contributed by atoms with Gasteiger partial charge in [-0.05, 0) is 12.8 Å². The summed E-state index contributed by atoms with van der Waals surface area (Å²) < 4.78 is 0. The number of nitrogens with zero attached hydrogens (tertiary/aromatic N) is 1. The first-order valence-corrected chi connectivity index (χ1v) is 5.06. The van der Waals surface area contributed by atoms with E-state index in [-0.39, 0.29) is 12.0 Å². The van der Waals surface area contributed by atoms with Crippen molar-refractivity contribution in [2.24, 2.45) is 16.6 Å². The second kappa shape index (κ2) is 6.35. The quantitative estimate of drug-likeness (QED) is 0.512. The zero-order chi connectivity index (χ0) is 11.1. The van der Waals surface area contributed by atoms with Gasteiger partial charge in [-0.2, -0.15) is 0 Å². The van der Waals surface area contributed by atoms with Crippen molar-refractivity contribution in [2.45, 2.75) is 39.7 Å². The molecule has 0 spiro atoms. The van der Waals surface area contributed by atoms with Crippen LogP contribution in [0.5, 0.6) is 0 Å². The molecule has 1 amide bonds. The zero-order valence-corrected chi connectivity index (χ0v) is 9.29. The van der Waals surface area contributed by atoms with Gasteiger partial charge in [0, 0.05) is 5.92 Å². The van der Waals surface area contributed by atoms with Crippen LogP contribution >= 0.6 is 0 Å². The Morgan fingerprint density at radius 1 is 1.50 bits per heavy atom. The molecule has 0 bridgehead atoms. The first-order valence-electron chi connectivity index (χ1n) is 5.06. The number of hydrogen-bond acceptors (Lipinski definition) is 2. The van der Waals surface area contributed by atoms with E-state index in [2.05, 4.69) is 11.6 Å². The number of carbonyl (C=O) groups is 1. The van der Waals surface area contributed by atoms with Gasteiger partial charge in [0.2, 0.25) is 0 Å². The summed E-state index contributed by atoms with van der Waals surface area (Å²) in [6.45, 7) is 9.64. The van der Waals surface area contributed by atoms with Crippen LogP contribution in [0.25, 0.3) is 0 Å². The van der Waals surface area contributed by atoms with E-state index in [0.717, 1.165) is 12.8 Å². The highest BCUT2D eigenvalue weighted by molar-refractivity contribution is 6.39. The maximum absolute atomic E-state index is 11.1. The minimum absolute atomic E-state index is 0.00602. The molecule has 14 heavy (non-hydrogen) atoms. The second-order valence-corrected chi connectivity index (χ2v) is 3.40. The zero-order valence-electron chi connectivity index (χ0n) is 9.29. The van der Waals surface area contributed by atoms with Crippen LogP contribution < -0.4 is 5.73 Å². The first-order chi connectivity index (χ1) is 6.56. The third kappa shape index (κ3) is 3.73. The molecule has 0 aliphatic heterocycles. The van der Waals surface area contributed by atoms with Crippen molar-refractivity contribution in [1.82, 2.24) is 0 Å². The predicted molar refractivity (Wildman–Crippen MR) is 60.4 cm³/mol. The minimum atomic E-state index is -0.417. The van der Waals surface area contributed by atoms with E-state index >= 15 is 0 Å². The number of primary amides is 1. The lowest BCUT2D eigenvalue weighted by atomic mass is 10.0. The van der Waals surface area contributed by atoms with Crippen molar-refractivity contribution in [3.63, 3.8) is 0 Å². The lowest BCUT2D eigenvalue weighted by Crippen LogP contribution is -2.30. The van der Waals surface area contributed by atoms with Crippen LogP contribution in [0.3, 0.4) is 0 Å². The normalized spacial score (nSPS) is 16.1. The fraction of sp³-hybridized carbons (Fsp3) is 0.636. The van der Waals surface area contributed by atoms with Gasteiger partial charge in [0.1, 0.15) is 5.71 Å². The molecule has 0 aliphatic rings. The predicted octanol–water partition coefficient (Wildman–Crippen LogP) is 1.92. The summed E-state index contributed by atoms with van der Waals surface area (Å²) in [5.74, 6) is -0.291. The molecule has 0 saturated carbocycles. The maximum Gasteiger partial charge on any atom is 0.262 e. The summed E-state index contributed by atoms with van der Waals surface area (Å²) in [5.41, 5.74) is 5.75. The third-order valence-corrected chi connectivity index (χ3v) is 2.33. The maximum atomic E-state index is 11.1. The first kappa shape index (κ1) is 12.9. The molecule has 0 aromatic rings. The summed E-state index contributed by atoms with van der Waals surface area (Å²) in [6.07, 6.45) is 3.46. The van der Waals surface area contributed by atoms with Crippen LogP contribution in [0.2, 0.25) is 0 Å². The highest BCUT2D eigenvalue weighted by Crippen LogP contribution is 2.08. The van der Waals surface area contributed by atoms with E-state index in [4.69, 9.17) is 5.73 Å². The molecule has 2 atom stereocenters. The largest absolute Gasteiger partial charge is 0.365 e. The Morgan fingerprint density at radius 2 is 2.07 bits per heavy atom. The fourth-order valence-corrected chi connectivity index (χ4v) is 1.12. The van der Waals surface area contributed by atoms with Gasteiger partial charge in [-0.3, -0.25) is 9.79 Å². The average Bonchev–Trinajstić information content (AvgIpc) is 2.18. The van der Waals surface area contributed by atoms with Gasteiger partial charge in [-0.15, -0.1) is 6.58 Å². The molecule has 3 nitrogen and oxygen atoms in total. The molecule has 3 heteroatoms. The standard InChI is InChI=1S/C11H20N2O/c1-5-8(4)10(11(12)14)13-9(6-2)7-3/h6,8-9H,2,5,7H2,1,3-4H3,(H2,12,14)/b13-10+. The summed E-state index contributed by atoms with van der Waals surface area (Å²) in [7, 11) is 0. The fourth-order valence-electron chi connectivity index (χ4n) is 1.12. The molecule has 0 aromatic carbocycles. The van der Waals surface area contributed by atoms with Gasteiger partial charge in [0.05, 0.1) is 6.04 Å². The number of rotatable bonds is 6. The van der Waals surface area contributed by atoms with Gasteiger partial charge in [-0.25, -0.2) is 0 Å². The van der Waals surface area contributed by atoms with E-state index in [9.17, 15) is 4.79 Å². The number of aliphatic imine (C=N–C) groups is 1. The molecule has 0 heterocycles. The van der Waals surface area contributed by atoms with Crippen molar-refractivity contribution in [1.29, 1.82) is 0 Å². The SMILES string of the molecule is C=CC(CC)/N=C(/C(N)=O)C(C)CC. The van der Waals surface area contributed by atoms with Crippen molar-refractivity contribution in [3.8, 4) is 0 Å². The van der Waals surface area contributed by atoms with E-state index in [1.807, 2.05) is 20.8 Å². The third-order valence-electron chi connectivity index (χ3n) is 2.33. The molecule has 2 N–H and O–H groups in total. The summed E-state index contributed by atoms with van der Waals surface area (Å²) >= 11 is 0. The van der Waals surface area contributed by atoms with Crippen molar-refractivity contribution < 1.29 is 4.79 Å². The van der Waals surface area contributed by atoms with Crippen LogP contribution in [-0.2, 0) is 4.79 Å². The van der Waals surface area contributed by atoms with Crippen molar-refractivity contribution >= 4 is 11.6 Å².